The molecule has 2 aliphatic rings. The van der Waals surface area contributed by atoms with E-state index < -0.39 is 23.6 Å². The predicted molar refractivity (Wildman–Crippen MR) is 128 cm³/mol. The van der Waals surface area contributed by atoms with Crippen molar-refractivity contribution < 1.29 is 24.2 Å². The number of hydrogen-bond donors (Lipinski definition) is 3. The SMILES string of the molecule is CC[C@H](CC(=O)NC(C)(CC(=O)O)C1CC1)NC(=O)OCC1c2ccccc2-c2ccccc21. The summed E-state index contributed by atoms with van der Waals surface area (Å²) in [6, 6.07) is 15.9. The lowest BCUT2D eigenvalue weighted by Crippen LogP contribution is -2.51. The molecule has 2 aromatic rings. The maximum absolute atomic E-state index is 12.7. The number of fused-ring (bicyclic) bond motifs is 3. The summed E-state index contributed by atoms with van der Waals surface area (Å²) in [5, 5.41) is 14.9. The van der Waals surface area contributed by atoms with Crippen LogP contribution >= 0.6 is 0 Å². The fourth-order valence-electron chi connectivity index (χ4n) is 5.02. The number of aliphatic carboxylic acids is 1. The van der Waals surface area contributed by atoms with Crippen LogP contribution in [0.1, 0.15) is 63.0 Å². The average Bonchev–Trinajstić information content (AvgIpc) is 3.61. The Kier molecular flexibility index (Phi) is 6.91. The monoisotopic (exact) mass is 464 g/mol. The van der Waals surface area contributed by atoms with Gasteiger partial charge in [-0.2, -0.15) is 0 Å². The predicted octanol–water partition coefficient (Wildman–Crippen LogP) is 4.45. The molecule has 3 N–H and O–H groups in total. The van der Waals surface area contributed by atoms with Crippen LogP contribution in [0.4, 0.5) is 4.79 Å². The van der Waals surface area contributed by atoms with Crippen LogP contribution in [0.25, 0.3) is 11.1 Å². The van der Waals surface area contributed by atoms with E-state index in [1.807, 2.05) is 31.2 Å². The van der Waals surface area contributed by atoms with Gasteiger partial charge in [0.2, 0.25) is 5.91 Å². The van der Waals surface area contributed by atoms with Crippen LogP contribution in [0.3, 0.4) is 0 Å². The summed E-state index contributed by atoms with van der Waals surface area (Å²) in [6.45, 7) is 3.89. The van der Waals surface area contributed by atoms with E-state index in [9.17, 15) is 19.5 Å². The van der Waals surface area contributed by atoms with Gasteiger partial charge in [0.25, 0.3) is 0 Å². The first-order valence-electron chi connectivity index (χ1n) is 11.9. The molecule has 7 heteroatoms. The molecule has 2 atom stereocenters. The Balaban J connectivity index is 1.32. The van der Waals surface area contributed by atoms with E-state index in [-0.39, 0.29) is 37.2 Å². The van der Waals surface area contributed by atoms with Crippen molar-refractivity contribution in [3.8, 4) is 11.1 Å². The minimum Gasteiger partial charge on any atom is -0.481 e. The van der Waals surface area contributed by atoms with Gasteiger partial charge in [-0.1, -0.05) is 55.5 Å². The smallest absolute Gasteiger partial charge is 0.407 e. The number of carbonyl (C=O) groups is 3. The van der Waals surface area contributed by atoms with Gasteiger partial charge in [0, 0.05) is 18.4 Å². The molecule has 2 aliphatic carbocycles. The zero-order valence-corrected chi connectivity index (χ0v) is 19.7. The van der Waals surface area contributed by atoms with Gasteiger partial charge in [-0.05, 0) is 54.4 Å². The maximum atomic E-state index is 12.7. The number of alkyl carbamates (subject to hydrolysis) is 1. The fourth-order valence-corrected chi connectivity index (χ4v) is 5.02. The number of nitrogens with one attached hydrogen (secondary N) is 2. The van der Waals surface area contributed by atoms with Crippen LogP contribution in [0, 0.1) is 5.92 Å². The third-order valence-electron chi connectivity index (χ3n) is 7.01. The van der Waals surface area contributed by atoms with Crippen LogP contribution in [0.5, 0.6) is 0 Å². The first kappa shape index (κ1) is 23.8. The Morgan fingerprint density at radius 3 is 2.18 bits per heavy atom. The molecule has 2 amide bonds. The molecule has 7 nitrogen and oxygen atoms in total. The molecule has 180 valence electrons. The summed E-state index contributed by atoms with van der Waals surface area (Å²) in [7, 11) is 0. The third kappa shape index (κ3) is 5.24. The molecule has 34 heavy (non-hydrogen) atoms. The summed E-state index contributed by atoms with van der Waals surface area (Å²) >= 11 is 0. The number of benzene rings is 2. The van der Waals surface area contributed by atoms with Crippen molar-refractivity contribution in [2.75, 3.05) is 6.61 Å². The van der Waals surface area contributed by atoms with Crippen LogP contribution in [0.15, 0.2) is 48.5 Å². The molecule has 0 saturated heterocycles. The molecule has 2 aromatic carbocycles. The second-order valence-electron chi connectivity index (χ2n) is 9.59. The van der Waals surface area contributed by atoms with Gasteiger partial charge in [0.05, 0.1) is 12.0 Å². The lowest BCUT2D eigenvalue weighted by atomic mass is 9.91. The van der Waals surface area contributed by atoms with Gasteiger partial charge in [-0.3, -0.25) is 9.59 Å². The van der Waals surface area contributed by atoms with E-state index >= 15 is 0 Å². The van der Waals surface area contributed by atoms with Crippen molar-refractivity contribution in [2.24, 2.45) is 5.92 Å². The molecule has 0 radical (unpaired) electrons. The molecule has 1 fully saturated rings. The number of amides is 2. The molecule has 0 bridgehead atoms. The fraction of sp³-hybridized carbons (Fsp3) is 0.444. The van der Waals surface area contributed by atoms with Gasteiger partial charge < -0.3 is 20.5 Å². The standard InChI is InChI=1S/C27H32N2O5/c1-3-18(14-24(30)29-27(2,15-25(31)32)17-12-13-17)28-26(33)34-16-23-21-10-6-4-8-19(21)20-9-5-7-11-22(20)23/h4-11,17-18,23H,3,12-16H2,1-2H3,(H,28,33)(H,29,30)(H,31,32)/t18-,27?/m1/s1. The van der Waals surface area contributed by atoms with Crippen molar-refractivity contribution in [1.82, 2.24) is 10.6 Å². The van der Waals surface area contributed by atoms with Crippen molar-refractivity contribution in [2.45, 2.75) is 63.5 Å². The van der Waals surface area contributed by atoms with Crippen LogP contribution < -0.4 is 10.6 Å². The lowest BCUT2D eigenvalue weighted by molar-refractivity contribution is -0.139. The number of carboxylic acid groups (broad SMARTS) is 1. The molecule has 0 aliphatic heterocycles. The number of rotatable bonds is 10. The van der Waals surface area contributed by atoms with E-state index in [4.69, 9.17) is 4.74 Å². The zero-order chi connectivity index (χ0) is 24.3. The lowest BCUT2D eigenvalue weighted by Gasteiger charge is -2.30. The Bertz CT molecular complexity index is 1030. The zero-order valence-electron chi connectivity index (χ0n) is 19.7. The first-order chi connectivity index (χ1) is 16.3. The van der Waals surface area contributed by atoms with Gasteiger partial charge in [-0.25, -0.2) is 4.79 Å². The summed E-state index contributed by atoms with van der Waals surface area (Å²) < 4.78 is 5.60. The molecule has 1 saturated carbocycles. The van der Waals surface area contributed by atoms with Crippen LogP contribution in [-0.4, -0.2) is 41.3 Å². The minimum atomic E-state index is -0.932. The van der Waals surface area contributed by atoms with Crippen molar-refractivity contribution in [3.05, 3.63) is 59.7 Å². The quantitative estimate of drug-likeness (QED) is 0.482. The van der Waals surface area contributed by atoms with E-state index in [0.717, 1.165) is 35.1 Å². The second-order valence-corrected chi connectivity index (χ2v) is 9.59. The highest BCUT2D eigenvalue weighted by molar-refractivity contribution is 5.80. The normalized spacial score (nSPS) is 17.1. The Labute approximate surface area is 199 Å². The molecular formula is C27H32N2O5. The van der Waals surface area contributed by atoms with Crippen LogP contribution in [0.2, 0.25) is 0 Å². The highest BCUT2D eigenvalue weighted by atomic mass is 16.5. The van der Waals surface area contributed by atoms with Gasteiger partial charge in [0.1, 0.15) is 6.61 Å². The second kappa shape index (κ2) is 9.87. The van der Waals surface area contributed by atoms with Gasteiger partial charge in [0.15, 0.2) is 0 Å². The average molecular weight is 465 g/mol. The minimum absolute atomic E-state index is 0.0307. The molecule has 1 unspecified atom stereocenters. The summed E-state index contributed by atoms with van der Waals surface area (Å²) in [6.07, 6.45) is 1.79. The molecule has 4 rings (SSSR count). The van der Waals surface area contributed by atoms with E-state index in [2.05, 4.69) is 34.9 Å². The Morgan fingerprint density at radius 1 is 1.06 bits per heavy atom. The number of carbonyl (C=O) groups excluding carboxylic acids is 2. The Morgan fingerprint density at radius 2 is 1.65 bits per heavy atom. The van der Waals surface area contributed by atoms with Crippen molar-refractivity contribution >= 4 is 18.0 Å². The van der Waals surface area contributed by atoms with Gasteiger partial charge >= 0.3 is 12.1 Å². The molecule has 0 heterocycles. The number of hydrogen-bond acceptors (Lipinski definition) is 4. The van der Waals surface area contributed by atoms with Gasteiger partial charge in [-0.15, -0.1) is 0 Å². The van der Waals surface area contributed by atoms with E-state index in [1.54, 1.807) is 6.92 Å². The van der Waals surface area contributed by atoms with Crippen molar-refractivity contribution in [1.29, 1.82) is 0 Å². The topological polar surface area (TPSA) is 105 Å². The maximum Gasteiger partial charge on any atom is 0.407 e. The first-order valence-corrected chi connectivity index (χ1v) is 11.9. The summed E-state index contributed by atoms with van der Waals surface area (Å²) in [5.74, 6) is -1.04. The largest absolute Gasteiger partial charge is 0.481 e. The summed E-state index contributed by atoms with van der Waals surface area (Å²) in [4.78, 5) is 36.5. The van der Waals surface area contributed by atoms with Crippen LogP contribution in [-0.2, 0) is 14.3 Å². The van der Waals surface area contributed by atoms with Crippen molar-refractivity contribution in [3.63, 3.8) is 0 Å². The van der Waals surface area contributed by atoms with E-state index in [1.165, 1.54) is 0 Å². The summed E-state index contributed by atoms with van der Waals surface area (Å²) in [5.41, 5.74) is 3.84. The molecule has 0 spiro atoms. The highest BCUT2D eigenvalue weighted by Crippen LogP contribution is 2.44. The Hall–Kier alpha value is -3.35. The molecule has 0 aromatic heterocycles. The number of ether oxygens (including phenoxy) is 1. The molecular weight excluding hydrogens is 432 g/mol. The highest BCUT2D eigenvalue weighted by Gasteiger charge is 2.44. The number of carboxylic acids is 1. The van der Waals surface area contributed by atoms with E-state index in [0.29, 0.717) is 6.42 Å². The third-order valence-corrected chi connectivity index (χ3v) is 7.01.